The van der Waals surface area contributed by atoms with Crippen LogP contribution in [0.1, 0.15) is 50.8 Å². The summed E-state index contributed by atoms with van der Waals surface area (Å²) in [7, 11) is 0. The SMILES string of the molecule is CCCOc1ncc(-c2nc(-c3ccc4c(c3)CCN(C(=O)CN(C(=O)O)C(C)(C)C)CC4)no2)cc1C#N. The van der Waals surface area contributed by atoms with Crippen molar-refractivity contribution in [1.82, 2.24) is 24.9 Å². The number of ether oxygens (including phenoxy) is 1. The molecule has 39 heavy (non-hydrogen) atoms. The van der Waals surface area contributed by atoms with Gasteiger partial charge in [0.2, 0.25) is 17.6 Å². The summed E-state index contributed by atoms with van der Waals surface area (Å²) in [6.07, 6.45) is 2.51. The maximum atomic E-state index is 13.0. The zero-order chi connectivity index (χ0) is 28.2. The van der Waals surface area contributed by atoms with E-state index >= 15 is 0 Å². The van der Waals surface area contributed by atoms with Crippen LogP contribution in [0.25, 0.3) is 22.8 Å². The molecule has 11 heteroatoms. The molecule has 0 unspecified atom stereocenters. The summed E-state index contributed by atoms with van der Waals surface area (Å²) in [5.41, 5.74) is 3.10. The molecule has 1 aliphatic rings. The highest BCUT2D eigenvalue weighted by molar-refractivity contribution is 5.82. The molecule has 1 aliphatic heterocycles. The summed E-state index contributed by atoms with van der Waals surface area (Å²) in [6, 6.07) is 9.62. The van der Waals surface area contributed by atoms with Gasteiger partial charge in [0, 0.05) is 30.4 Å². The number of rotatable bonds is 7. The van der Waals surface area contributed by atoms with Gasteiger partial charge >= 0.3 is 6.09 Å². The molecule has 11 nitrogen and oxygen atoms in total. The summed E-state index contributed by atoms with van der Waals surface area (Å²) in [6.45, 7) is 8.57. The molecule has 204 valence electrons. The first kappa shape index (κ1) is 27.6. The van der Waals surface area contributed by atoms with E-state index in [9.17, 15) is 20.0 Å². The number of carbonyl (C=O) groups is 2. The Bertz CT molecular complexity index is 1400. The third kappa shape index (κ3) is 6.34. The van der Waals surface area contributed by atoms with E-state index in [0.29, 0.717) is 49.5 Å². The second-order valence-electron chi connectivity index (χ2n) is 10.4. The van der Waals surface area contributed by atoms with E-state index in [0.717, 1.165) is 23.1 Å². The number of hydrogen-bond donors (Lipinski definition) is 1. The van der Waals surface area contributed by atoms with Crippen LogP contribution >= 0.6 is 0 Å². The molecule has 0 saturated heterocycles. The average molecular weight is 533 g/mol. The maximum absolute atomic E-state index is 13.0. The van der Waals surface area contributed by atoms with E-state index in [-0.39, 0.29) is 24.2 Å². The highest BCUT2D eigenvalue weighted by Gasteiger charge is 2.30. The Balaban J connectivity index is 1.48. The summed E-state index contributed by atoms with van der Waals surface area (Å²) in [5, 5.41) is 23.1. The highest BCUT2D eigenvalue weighted by atomic mass is 16.5. The first-order valence-corrected chi connectivity index (χ1v) is 12.9. The van der Waals surface area contributed by atoms with Gasteiger partial charge in [-0.1, -0.05) is 24.2 Å². The normalized spacial score (nSPS) is 13.3. The Morgan fingerprint density at radius 1 is 1.18 bits per heavy atom. The van der Waals surface area contributed by atoms with Crippen LogP contribution in [0.15, 0.2) is 35.0 Å². The third-order valence-electron chi connectivity index (χ3n) is 6.54. The lowest BCUT2D eigenvalue weighted by atomic mass is 10.00. The number of benzene rings is 1. The second kappa shape index (κ2) is 11.5. The van der Waals surface area contributed by atoms with Crippen LogP contribution in [0.2, 0.25) is 0 Å². The predicted molar refractivity (Wildman–Crippen MR) is 142 cm³/mol. The number of carboxylic acid groups (broad SMARTS) is 1. The fourth-order valence-electron chi connectivity index (χ4n) is 4.36. The maximum Gasteiger partial charge on any atom is 0.408 e. The smallest absolute Gasteiger partial charge is 0.408 e. The van der Waals surface area contributed by atoms with Gasteiger partial charge in [-0.15, -0.1) is 0 Å². The molecule has 0 fully saturated rings. The Morgan fingerprint density at radius 3 is 2.59 bits per heavy atom. The minimum atomic E-state index is -1.11. The molecule has 0 spiro atoms. The summed E-state index contributed by atoms with van der Waals surface area (Å²) in [5.74, 6) is 0.705. The lowest BCUT2D eigenvalue weighted by Crippen LogP contribution is -2.51. The molecule has 0 saturated carbocycles. The van der Waals surface area contributed by atoms with E-state index in [1.807, 2.05) is 25.1 Å². The van der Waals surface area contributed by atoms with Crippen LogP contribution in [0.5, 0.6) is 5.88 Å². The van der Waals surface area contributed by atoms with Crippen molar-refractivity contribution in [3.05, 3.63) is 47.2 Å². The van der Waals surface area contributed by atoms with Crippen LogP contribution in [0.3, 0.4) is 0 Å². The number of fused-ring (bicyclic) bond motifs is 1. The summed E-state index contributed by atoms with van der Waals surface area (Å²) >= 11 is 0. The average Bonchev–Trinajstić information content (AvgIpc) is 3.30. The van der Waals surface area contributed by atoms with Gasteiger partial charge < -0.3 is 19.3 Å². The van der Waals surface area contributed by atoms with Gasteiger partial charge in [0.25, 0.3) is 5.89 Å². The molecule has 2 aromatic heterocycles. The van der Waals surface area contributed by atoms with E-state index in [1.165, 1.54) is 11.1 Å². The van der Waals surface area contributed by atoms with E-state index < -0.39 is 11.6 Å². The van der Waals surface area contributed by atoms with Crippen molar-refractivity contribution >= 4 is 12.0 Å². The molecule has 1 N–H and O–H groups in total. The molecule has 0 bridgehead atoms. The molecule has 4 rings (SSSR count). The molecule has 3 aromatic rings. The van der Waals surface area contributed by atoms with Gasteiger partial charge in [-0.25, -0.2) is 9.78 Å². The van der Waals surface area contributed by atoms with Gasteiger partial charge in [0.05, 0.1) is 12.2 Å². The van der Waals surface area contributed by atoms with Crippen LogP contribution in [0, 0.1) is 11.3 Å². The molecule has 1 aromatic carbocycles. The number of hydrogen-bond acceptors (Lipinski definition) is 8. The number of amides is 2. The summed E-state index contributed by atoms with van der Waals surface area (Å²) in [4.78, 5) is 36.3. The largest absolute Gasteiger partial charge is 0.477 e. The van der Waals surface area contributed by atoms with Crippen molar-refractivity contribution in [3.8, 4) is 34.8 Å². The van der Waals surface area contributed by atoms with E-state index in [4.69, 9.17) is 9.26 Å². The summed E-state index contributed by atoms with van der Waals surface area (Å²) < 4.78 is 11.0. The minimum absolute atomic E-state index is 0.180. The Labute approximate surface area is 227 Å². The fraction of sp³-hybridized carbons (Fsp3) is 0.429. The number of nitrogens with zero attached hydrogens (tertiary/aromatic N) is 6. The fourth-order valence-corrected chi connectivity index (χ4v) is 4.36. The van der Waals surface area contributed by atoms with Gasteiger partial charge in [-0.05, 0) is 63.3 Å². The lowest BCUT2D eigenvalue weighted by Gasteiger charge is -2.34. The molecule has 0 aliphatic carbocycles. The molecular formula is C28H32N6O5. The molecule has 0 radical (unpaired) electrons. The van der Waals surface area contributed by atoms with Crippen molar-refractivity contribution in [2.45, 2.75) is 52.5 Å². The monoisotopic (exact) mass is 532 g/mol. The van der Waals surface area contributed by atoms with Crippen LogP contribution in [-0.4, -0.2) is 73.8 Å². The van der Waals surface area contributed by atoms with Crippen molar-refractivity contribution in [2.24, 2.45) is 0 Å². The Morgan fingerprint density at radius 2 is 1.92 bits per heavy atom. The highest BCUT2D eigenvalue weighted by Crippen LogP contribution is 2.28. The third-order valence-corrected chi connectivity index (χ3v) is 6.54. The van der Waals surface area contributed by atoms with Crippen molar-refractivity contribution in [1.29, 1.82) is 5.26 Å². The second-order valence-corrected chi connectivity index (χ2v) is 10.4. The molecule has 3 heterocycles. The van der Waals surface area contributed by atoms with Crippen molar-refractivity contribution in [2.75, 3.05) is 26.2 Å². The van der Waals surface area contributed by atoms with Gasteiger partial charge in [0.1, 0.15) is 18.2 Å². The molecule has 0 atom stereocenters. The van der Waals surface area contributed by atoms with Crippen LogP contribution in [-0.2, 0) is 17.6 Å². The zero-order valence-corrected chi connectivity index (χ0v) is 22.6. The number of nitriles is 1. The first-order chi connectivity index (χ1) is 18.6. The lowest BCUT2D eigenvalue weighted by molar-refractivity contribution is -0.133. The van der Waals surface area contributed by atoms with Crippen LogP contribution < -0.4 is 4.74 Å². The van der Waals surface area contributed by atoms with Gasteiger partial charge in [0.15, 0.2) is 0 Å². The Kier molecular flexibility index (Phi) is 8.14. The van der Waals surface area contributed by atoms with E-state index in [1.54, 1.807) is 31.7 Å². The Hall–Kier alpha value is -4.46. The number of pyridine rings is 1. The van der Waals surface area contributed by atoms with Gasteiger partial charge in [-0.3, -0.25) is 9.69 Å². The topological polar surface area (TPSA) is 146 Å². The van der Waals surface area contributed by atoms with Crippen LogP contribution in [0.4, 0.5) is 4.79 Å². The minimum Gasteiger partial charge on any atom is -0.477 e. The quantitative estimate of drug-likeness (QED) is 0.474. The standard InChI is InChI=1S/C28H32N6O5/c1-5-12-38-25-21(15-29)14-22(16-30-25)26-31-24(32-39-26)20-7-6-18-8-10-33(11-9-19(18)13-20)23(35)17-34(27(36)37)28(2,3)4/h6-7,13-14,16H,5,8-12,17H2,1-4H3,(H,36,37). The van der Waals surface area contributed by atoms with Gasteiger partial charge in [-0.2, -0.15) is 10.2 Å². The van der Waals surface area contributed by atoms with Crippen molar-refractivity contribution in [3.63, 3.8) is 0 Å². The predicted octanol–water partition coefficient (Wildman–Crippen LogP) is 4.16. The molecule has 2 amide bonds. The number of aromatic nitrogens is 3. The van der Waals surface area contributed by atoms with E-state index in [2.05, 4.69) is 21.2 Å². The number of carbonyl (C=O) groups excluding carboxylic acids is 1. The van der Waals surface area contributed by atoms with Crippen molar-refractivity contribution < 1.29 is 24.0 Å². The zero-order valence-electron chi connectivity index (χ0n) is 22.6. The molecular weight excluding hydrogens is 500 g/mol. The first-order valence-electron chi connectivity index (χ1n) is 12.9.